The Morgan fingerprint density at radius 2 is 1.29 bits per heavy atom. The van der Waals surface area contributed by atoms with Crippen LogP contribution in [0.3, 0.4) is 0 Å². The lowest BCUT2D eigenvalue weighted by Crippen LogP contribution is -2.39. The molecule has 0 heterocycles. The monoisotopic (exact) mass is 313 g/mol. The quantitative estimate of drug-likeness (QED) is 0.781. The minimum Gasteiger partial charge on any atom is -0.326 e. The van der Waals surface area contributed by atoms with Crippen molar-refractivity contribution in [2.24, 2.45) is 17.6 Å². The average molecular weight is 314 g/mol. The minimum absolute atomic E-state index is 0. The standard InChI is InChI=1S/C15H23N3O2.ClH/c1-9(2)13(16)15(20)18-12-7-5-11(6-8-12)17-14(19)10(3)4;/h5-10,13H,16H2,1-4H3,(H,17,19)(H,18,20);1H/t13-;/m1./s1. The first kappa shape index (κ1) is 19.4. The van der Waals surface area contributed by atoms with Gasteiger partial charge in [0.15, 0.2) is 0 Å². The fourth-order valence-corrected chi connectivity index (χ4v) is 1.45. The molecule has 1 atom stereocenters. The van der Waals surface area contributed by atoms with Crippen molar-refractivity contribution < 1.29 is 9.59 Å². The smallest absolute Gasteiger partial charge is 0.241 e. The minimum atomic E-state index is -0.532. The van der Waals surface area contributed by atoms with E-state index in [-0.39, 0.29) is 36.1 Å². The van der Waals surface area contributed by atoms with E-state index in [9.17, 15) is 9.59 Å². The lowest BCUT2D eigenvalue weighted by atomic mass is 10.0. The summed E-state index contributed by atoms with van der Waals surface area (Å²) in [6, 6.07) is 6.44. The number of nitrogens with two attached hydrogens (primary N) is 1. The molecule has 0 bridgehead atoms. The molecule has 0 radical (unpaired) electrons. The molecule has 0 fully saturated rings. The fraction of sp³-hybridized carbons (Fsp3) is 0.467. The number of anilines is 2. The van der Waals surface area contributed by atoms with Crippen LogP contribution in [0.2, 0.25) is 0 Å². The Kier molecular flexibility index (Phi) is 7.99. The van der Waals surface area contributed by atoms with Crippen LogP contribution in [0.15, 0.2) is 24.3 Å². The van der Waals surface area contributed by atoms with Gasteiger partial charge in [0.25, 0.3) is 0 Å². The second kappa shape index (κ2) is 8.64. The van der Waals surface area contributed by atoms with E-state index in [1.807, 2.05) is 27.7 Å². The number of halogens is 1. The second-order valence-electron chi connectivity index (χ2n) is 5.48. The van der Waals surface area contributed by atoms with E-state index in [1.165, 1.54) is 0 Å². The summed E-state index contributed by atoms with van der Waals surface area (Å²) in [4.78, 5) is 23.3. The van der Waals surface area contributed by atoms with Crippen molar-refractivity contribution in [2.75, 3.05) is 10.6 Å². The highest BCUT2D eigenvalue weighted by atomic mass is 35.5. The molecule has 5 nitrogen and oxygen atoms in total. The molecule has 1 rings (SSSR count). The van der Waals surface area contributed by atoms with Crippen LogP contribution in [0.5, 0.6) is 0 Å². The van der Waals surface area contributed by atoms with Crippen molar-refractivity contribution in [3.05, 3.63) is 24.3 Å². The number of amides is 2. The number of carbonyl (C=O) groups excluding carboxylic acids is 2. The molecule has 1 aromatic rings. The molecule has 0 unspecified atom stereocenters. The Morgan fingerprint density at radius 3 is 1.62 bits per heavy atom. The molecule has 0 aliphatic carbocycles. The first-order valence-corrected chi connectivity index (χ1v) is 6.78. The molecule has 6 heteroatoms. The van der Waals surface area contributed by atoms with Crippen molar-refractivity contribution in [1.82, 2.24) is 0 Å². The maximum atomic E-state index is 11.8. The van der Waals surface area contributed by atoms with Crippen LogP contribution in [0.4, 0.5) is 11.4 Å². The van der Waals surface area contributed by atoms with Crippen LogP contribution in [-0.4, -0.2) is 17.9 Å². The van der Waals surface area contributed by atoms with Gasteiger partial charge in [-0.3, -0.25) is 9.59 Å². The molecule has 0 saturated carbocycles. The molecule has 2 amide bonds. The first-order chi connectivity index (χ1) is 9.31. The number of hydrogen-bond donors (Lipinski definition) is 3. The molecule has 0 aromatic heterocycles. The first-order valence-electron chi connectivity index (χ1n) is 6.78. The van der Waals surface area contributed by atoms with E-state index < -0.39 is 6.04 Å². The average Bonchev–Trinajstić information content (AvgIpc) is 2.39. The maximum Gasteiger partial charge on any atom is 0.241 e. The molecule has 0 spiro atoms. The molecule has 0 saturated heterocycles. The number of carbonyl (C=O) groups is 2. The Balaban J connectivity index is 0.00000400. The van der Waals surface area contributed by atoms with Crippen LogP contribution in [-0.2, 0) is 9.59 Å². The summed E-state index contributed by atoms with van der Waals surface area (Å²) in [5.74, 6) is -0.236. The summed E-state index contributed by atoms with van der Waals surface area (Å²) in [5, 5.41) is 5.54. The zero-order chi connectivity index (χ0) is 15.3. The molecule has 0 aliphatic rings. The number of benzene rings is 1. The number of hydrogen-bond acceptors (Lipinski definition) is 3. The van der Waals surface area contributed by atoms with Gasteiger partial charge in [-0.1, -0.05) is 27.7 Å². The van der Waals surface area contributed by atoms with E-state index in [0.717, 1.165) is 0 Å². The Morgan fingerprint density at radius 1 is 0.905 bits per heavy atom. The second-order valence-corrected chi connectivity index (χ2v) is 5.48. The lowest BCUT2D eigenvalue weighted by Gasteiger charge is -2.15. The Labute approximate surface area is 132 Å². The van der Waals surface area contributed by atoms with Crippen molar-refractivity contribution in [3.8, 4) is 0 Å². The van der Waals surface area contributed by atoms with Crippen molar-refractivity contribution >= 4 is 35.6 Å². The number of nitrogens with one attached hydrogen (secondary N) is 2. The van der Waals surface area contributed by atoms with E-state index in [0.29, 0.717) is 11.4 Å². The Bertz CT molecular complexity index is 472. The van der Waals surface area contributed by atoms with Gasteiger partial charge in [-0.05, 0) is 30.2 Å². The Hall–Kier alpha value is -1.59. The van der Waals surface area contributed by atoms with Crippen molar-refractivity contribution in [2.45, 2.75) is 33.7 Å². The summed E-state index contributed by atoms with van der Waals surface area (Å²) < 4.78 is 0. The highest BCUT2D eigenvalue weighted by Crippen LogP contribution is 2.15. The molecule has 21 heavy (non-hydrogen) atoms. The van der Waals surface area contributed by atoms with Gasteiger partial charge in [0.1, 0.15) is 0 Å². The van der Waals surface area contributed by atoms with E-state index in [4.69, 9.17) is 5.73 Å². The van der Waals surface area contributed by atoms with Crippen LogP contribution >= 0.6 is 12.4 Å². The van der Waals surface area contributed by atoms with Crippen LogP contribution in [0.25, 0.3) is 0 Å². The predicted octanol–water partition coefficient (Wildman–Crippen LogP) is 2.62. The van der Waals surface area contributed by atoms with Crippen molar-refractivity contribution in [1.29, 1.82) is 0 Å². The summed E-state index contributed by atoms with van der Waals surface area (Å²) in [7, 11) is 0. The summed E-state index contributed by atoms with van der Waals surface area (Å²) >= 11 is 0. The van der Waals surface area contributed by atoms with Gasteiger partial charge in [0.05, 0.1) is 6.04 Å². The van der Waals surface area contributed by atoms with Gasteiger partial charge in [-0.25, -0.2) is 0 Å². The topological polar surface area (TPSA) is 84.2 Å². The SMILES string of the molecule is CC(C)C(=O)Nc1ccc(NC(=O)[C@H](N)C(C)C)cc1.Cl. The maximum absolute atomic E-state index is 11.8. The fourth-order valence-electron chi connectivity index (χ4n) is 1.45. The van der Waals surface area contributed by atoms with Gasteiger partial charge >= 0.3 is 0 Å². The normalized spacial score (nSPS) is 11.8. The molecule has 4 N–H and O–H groups in total. The van der Waals surface area contributed by atoms with Crippen LogP contribution in [0.1, 0.15) is 27.7 Å². The molecular formula is C15H24ClN3O2. The van der Waals surface area contributed by atoms with Gasteiger partial charge < -0.3 is 16.4 Å². The molecule has 0 aliphatic heterocycles. The summed E-state index contributed by atoms with van der Waals surface area (Å²) in [6.45, 7) is 7.46. The highest BCUT2D eigenvalue weighted by molar-refractivity contribution is 5.95. The van der Waals surface area contributed by atoms with Crippen LogP contribution < -0.4 is 16.4 Å². The third-order valence-electron chi connectivity index (χ3n) is 2.97. The highest BCUT2D eigenvalue weighted by Gasteiger charge is 2.17. The summed E-state index contributed by atoms with van der Waals surface area (Å²) in [6.07, 6.45) is 0. The molecule has 118 valence electrons. The van der Waals surface area contributed by atoms with Crippen molar-refractivity contribution in [3.63, 3.8) is 0 Å². The predicted molar refractivity (Wildman–Crippen MR) is 88.6 cm³/mol. The zero-order valence-corrected chi connectivity index (χ0v) is 13.7. The zero-order valence-electron chi connectivity index (χ0n) is 12.8. The largest absolute Gasteiger partial charge is 0.326 e. The third-order valence-corrected chi connectivity index (χ3v) is 2.97. The number of rotatable bonds is 5. The third kappa shape index (κ3) is 6.14. The van der Waals surface area contributed by atoms with Gasteiger partial charge in [-0.15, -0.1) is 12.4 Å². The van der Waals surface area contributed by atoms with Crippen LogP contribution in [0, 0.1) is 11.8 Å². The van der Waals surface area contributed by atoms with Gasteiger partial charge in [-0.2, -0.15) is 0 Å². The van der Waals surface area contributed by atoms with Gasteiger partial charge in [0.2, 0.25) is 11.8 Å². The van der Waals surface area contributed by atoms with E-state index in [1.54, 1.807) is 24.3 Å². The lowest BCUT2D eigenvalue weighted by molar-refractivity contribution is -0.119. The molecule has 1 aromatic carbocycles. The summed E-state index contributed by atoms with van der Waals surface area (Å²) in [5.41, 5.74) is 7.13. The van der Waals surface area contributed by atoms with E-state index >= 15 is 0 Å². The van der Waals surface area contributed by atoms with E-state index in [2.05, 4.69) is 10.6 Å². The van der Waals surface area contributed by atoms with Gasteiger partial charge in [0, 0.05) is 17.3 Å². The molecular weight excluding hydrogens is 290 g/mol.